The van der Waals surface area contributed by atoms with Crippen molar-refractivity contribution in [1.82, 2.24) is 4.98 Å². The van der Waals surface area contributed by atoms with Crippen LogP contribution in [0.4, 0.5) is 19.6 Å². The number of sulfonamides is 1. The molecule has 0 aliphatic heterocycles. The zero-order chi connectivity index (χ0) is 18.6. The van der Waals surface area contributed by atoms with Crippen LogP contribution in [0.1, 0.15) is 5.69 Å². The van der Waals surface area contributed by atoms with E-state index in [2.05, 4.69) is 19.8 Å². The molecule has 0 atom stereocenters. The third-order valence-corrected chi connectivity index (χ3v) is 4.39. The van der Waals surface area contributed by atoms with Crippen LogP contribution in [-0.2, 0) is 21.2 Å². The van der Waals surface area contributed by atoms with Gasteiger partial charge >= 0.3 is 6.61 Å². The number of nitrogens with zero attached hydrogens (tertiary/aromatic N) is 1. The fraction of sp³-hybridized carbons (Fsp3) is 0.231. The maximum Gasteiger partial charge on any atom is 0.387 e. The molecule has 1 heterocycles. The van der Waals surface area contributed by atoms with Crippen molar-refractivity contribution in [3.8, 4) is 5.75 Å². The number of nitrogens with one attached hydrogen (secondary N) is 2. The largest absolute Gasteiger partial charge is 0.433 e. The molecular weight excluding hydrogens is 400 g/mol. The van der Waals surface area contributed by atoms with Crippen molar-refractivity contribution >= 4 is 49.7 Å². The van der Waals surface area contributed by atoms with Crippen LogP contribution in [0, 0.1) is 0 Å². The van der Waals surface area contributed by atoms with Gasteiger partial charge in [0, 0.05) is 11.1 Å². The van der Waals surface area contributed by atoms with E-state index in [4.69, 9.17) is 11.6 Å². The molecule has 7 nitrogen and oxygen atoms in total. The number of rotatable bonds is 7. The predicted molar refractivity (Wildman–Crippen MR) is 91.0 cm³/mol. The van der Waals surface area contributed by atoms with Crippen LogP contribution < -0.4 is 14.8 Å². The number of amides is 1. The van der Waals surface area contributed by atoms with Gasteiger partial charge in [-0.2, -0.15) is 8.78 Å². The van der Waals surface area contributed by atoms with Gasteiger partial charge < -0.3 is 10.1 Å². The van der Waals surface area contributed by atoms with Gasteiger partial charge in [-0.3, -0.25) is 9.52 Å². The van der Waals surface area contributed by atoms with E-state index in [0.29, 0.717) is 11.4 Å². The monoisotopic (exact) mass is 411 g/mol. The first-order chi connectivity index (χ1) is 11.6. The van der Waals surface area contributed by atoms with Gasteiger partial charge in [-0.25, -0.2) is 13.4 Å². The van der Waals surface area contributed by atoms with E-state index >= 15 is 0 Å². The second-order valence-electron chi connectivity index (χ2n) is 4.77. The van der Waals surface area contributed by atoms with E-state index in [-0.39, 0.29) is 22.3 Å². The van der Waals surface area contributed by atoms with E-state index in [1.807, 2.05) is 0 Å². The molecule has 2 aromatic rings. The molecule has 1 aromatic heterocycles. The van der Waals surface area contributed by atoms with E-state index in [0.717, 1.165) is 17.6 Å². The fourth-order valence-electron chi connectivity index (χ4n) is 1.73. The smallest absolute Gasteiger partial charge is 0.387 e. The number of alkyl halides is 2. The highest BCUT2D eigenvalue weighted by atomic mass is 35.5. The first kappa shape index (κ1) is 19.3. The van der Waals surface area contributed by atoms with Crippen LogP contribution in [-0.4, -0.2) is 32.2 Å². The average molecular weight is 412 g/mol. The average Bonchev–Trinajstić information content (AvgIpc) is 2.86. The first-order valence-corrected chi connectivity index (χ1v) is 9.73. The van der Waals surface area contributed by atoms with Crippen LogP contribution in [0.2, 0.25) is 5.02 Å². The zero-order valence-electron chi connectivity index (χ0n) is 12.6. The molecule has 2 rings (SSSR count). The minimum absolute atomic E-state index is 0.0774. The maximum atomic E-state index is 12.2. The lowest BCUT2D eigenvalue weighted by atomic mass is 10.2. The van der Waals surface area contributed by atoms with Crippen LogP contribution in [0.3, 0.4) is 0 Å². The molecule has 0 saturated heterocycles. The summed E-state index contributed by atoms with van der Waals surface area (Å²) in [6.07, 6.45) is 0.890. The van der Waals surface area contributed by atoms with Crippen molar-refractivity contribution in [3.63, 3.8) is 0 Å². The van der Waals surface area contributed by atoms with Crippen molar-refractivity contribution in [1.29, 1.82) is 0 Å². The van der Waals surface area contributed by atoms with E-state index in [1.165, 1.54) is 18.2 Å². The summed E-state index contributed by atoms with van der Waals surface area (Å²) >= 11 is 6.84. The molecule has 0 radical (unpaired) electrons. The minimum atomic E-state index is -3.44. The summed E-state index contributed by atoms with van der Waals surface area (Å²) in [5, 5.41) is 4.15. The number of hydrogen-bond donors (Lipinski definition) is 2. The van der Waals surface area contributed by atoms with Crippen LogP contribution in [0.25, 0.3) is 0 Å². The summed E-state index contributed by atoms with van der Waals surface area (Å²) in [4.78, 5) is 16.0. The predicted octanol–water partition coefficient (Wildman–Crippen LogP) is 2.95. The van der Waals surface area contributed by atoms with Gasteiger partial charge in [0.2, 0.25) is 15.9 Å². The Morgan fingerprint density at radius 2 is 2.16 bits per heavy atom. The molecule has 1 aromatic carbocycles. The lowest BCUT2D eigenvalue weighted by Gasteiger charge is -2.09. The molecular formula is C13H12ClF2N3O4S2. The van der Waals surface area contributed by atoms with Crippen LogP contribution >= 0.6 is 22.9 Å². The Bertz CT molecular complexity index is 874. The number of halogens is 3. The number of anilines is 2. The molecule has 0 aliphatic rings. The Balaban J connectivity index is 1.97. The fourth-order valence-corrected chi connectivity index (χ4v) is 3.52. The second kappa shape index (κ2) is 7.93. The molecule has 0 saturated carbocycles. The molecule has 0 spiro atoms. The highest BCUT2D eigenvalue weighted by Gasteiger charge is 2.13. The number of carbonyl (C=O) groups excluding carboxylic acids is 1. The Hall–Kier alpha value is -1.98. The highest BCUT2D eigenvalue weighted by molar-refractivity contribution is 7.92. The minimum Gasteiger partial charge on any atom is -0.433 e. The molecule has 1 amide bonds. The first-order valence-electron chi connectivity index (χ1n) is 6.59. The lowest BCUT2D eigenvalue weighted by molar-refractivity contribution is -0.115. The van der Waals surface area contributed by atoms with Gasteiger partial charge in [0.05, 0.1) is 23.4 Å². The summed E-state index contributed by atoms with van der Waals surface area (Å²) in [5.74, 6) is -0.638. The molecule has 12 heteroatoms. The molecule has 136 valence electrons. The standard InChI is InChI=1S/C13H12ClF2N3O4S2/c1-25(21,22)19-13-18-8(6-24-13)5-11(20)17-7-2-3-10(9(14)4-7)23-12(15)16/h2-4,6,12H,5H2,1H3,(H,17,20)(H,18,19). The lowest BCUT2D eigenvalue weighted by Crippen LogP contribution is -2.15. The van der Waals surface area contributed by atoms with E-state index in [1.54, 1.807) is 5.38 Å². The van der Waals surface area contributed by atoms with E-state index < -0.39 is 22.5 Å². The molecule has 2 N–H and O–H groups in total. The van der Waals surface area contributed by atoms with Crippen molar-refractivity contribution in [3.05, 3.63) is 34.3 Å². The third-order valence-electron chi connectivity index (χ3n) is 2.60. The summed E-state index contributed by atoms with van der Waals surface area (Å²) in [5.41, 5.74) is 0.665. The summed E-state index contributed by atoms with van der Waals surface area (Å²) in [7, 11) is -3.44. The Labute approximate surface area is 151 Å². The molecule has 0 fully saturated rings. The number of benzene rings is 1. The van der Waals surface area contributed by atoms with Crippen molar-refractivity contribution in [2.75, 3.05) is 16.3 Å². The molecule has 0 aliphatic carbocycles. The number of aromatic nitrogens is 1. The topological polar surface area (TPSA) is 97.4 Å². The Morgan fingerprint density at radius 3 is 2.76 bits per heavy atom. The molecule has 0 unspecified atom stereocenters. The number of thiazole rings is 1. The van der Waals surface area contributed by atoms with Gasteiger partial charge in [0.15, 0.2) is 5.13 Å². The summed E-state index contributed by atoms with van der Waals surface area (Å²) in [6.45, 7) is -3.00. The Morgan fingerprint density at radius 1 is 1.44 bits per heavy atom. The molecule has 0 bridgehead atoms. The second-order valence-corrected chi connectivity index (χ2v) is 7.78. The van der Waals surface area contributed by atoms with Crippen molar-refractivity contribution in [2.45, 2.75) is 13.0 Å². The third kappa shape index (κ3) is 6.44. The van der Waals surface area contributed by atoms with Gasteiger partial charge in [0.1, 0.15) is 5.75 Å². The van der Waals surface area contributed by atoms with Crippen LogP contribution in [0.5, 0.6) is 5.75 Å². The quantitative estimate of drug-likeness (QED) is 0.730. The SMILES string of the molecule is CS(=O)(=O)Nc1nc(CC(=O)Nc2ccc(OC(F)F)c(Cl)c2)cs1. The summed E-state index contributed by atoms with van der Waals surface area (Å²) < 4.78 is 52.9. The zero-order valence-corrected chi connectivity index (χ0v) is 15.0. The van der Waals surface area contributed by atoms with Crippen LogP contribution in [0.15, 0.2) is 23.6 Å². The molecule has 25 heavy (non-hydrogen) atoms. The number of carbonyl (C=O) groups is 1. The van der Waals surface area contributed by atoms with Gasteiger partial charge in [0.25, 0.3) is 0 Å². The van der Waals surface area contributed by atoms with E-state index in [9.17, 15) is 22.0 Å². The van der Waals surface area contributed by atoms with Gasteiger partial charge in [-0.1, -0.05) is 11.6 Å². The summed E-state index contributed by atoms with van der Waals surface area (Å²) in [6, 6.07) is 3.84. The number of ether oxygens (including phenoxy) is 1. The number of hydrogen-bond acceptors (Lipinski definition) is 6. The maximum absolute atomic E-state index is 12.2. The van der Waals surface area contributed by atoms with Gasteiger partial charge in [-0.05, 0) is 18.2 Å². The van der Waals surface area contributed by atoms with Crippen molar-refractivity contribution < 1.29 is 26.7 Å². The highest BCUT2D eigenvalue weighted by Crippen LogP contribution is 2.29. The van der Waals surface area contributed by atoms with Crippen molar-refractivity contribution in [2.24, 2.45) is 0 Å². The normalized spacial score (nSPS) is 11.4. The Kier molecular flexibility index (Phi) is 6.14. The van der Waals surface area contributed by atoms with Gasteiger partial charge in [-0.15, -0.1) is 11.3 Å².